The summed E-state index contributed by atoms with van der Waals surface area (Å²) in [5.74, 6) is 1.62. The first-order chi connectivity index (χ1) is 9.20. The van der Waals surface area contributed by atoms with E-state index in [9.17, 15) is 0 Å². The van der Waals surface area contributed by atoms with Crippen LogP contribution in [0.25, 0.3) is 0 Å². The van der Waals surface area contributed by atoms with Crippen LogP contribution in [0.5, 0.6) is 0 Å². The minimum atomic E-state index is 0. The molecular weight excluding hydrogens is 371 g/mol. The van der Waals surface area contributed by atoms with Crippen molar-refractivity contribution in [3.8, 4) is 0 Å². The number of aromatic nitrogens is 1. The number of hydrogen-bond acceptors (Lipinski definition) is 4. The second kappa shape index (κ2) is 8.46. The maximum Gasteiger partial charge on any atom is 0.191 e. The standard InChI is InChI=1S/C13H22N4O2.HI/c1-9-12(10(2)19-17-9)8-16-13(14-3)15-7-11-5-4-6-18-11;/h11H,4-8H2,1-3H3,(H2,14,15,16);1H. The molecule has 0 spiro atoms. The van der Waals surface area contributed by atoms with Gasteiger partial charge in [-0.15, -0.1) is 24.0 Å². The van der Waals surface area contributed by atoms with E-state index < -0.39 is 0 Å². The molecule has 2 rings (SSSR count). The number of rotatable bonds is 4. The summed E-state index contributed by atoms with van der Waals surface area (Å²) in [5.41, 5.74) is 2.00. The Morgan fingerprint density at radius 1 is 1.40 bits per heavy atom. The van der Waals surface area contributed by atoms with E-state index in [4.69, 9.17) is 9.26 Å². The van der Waals surface area contributed by atoms with Gasteiger partial charge in [0.15, 0.2) is 5.96 Å². The van der Waals surface area contributed by atoms with E-state index in [0.29, 0.717) is 12.6 Å². The molecule has 114 valence electrons. The molecule has 0 saturated carbocycles. The summed E-state index contributed by atoms with van der Waals surface area (Å²) in [7, 11) is 1.76. The van der Waals surface area contributed by atoms with Crippen LogP contribution in [0.3, 0.4) is 0 Å². The van der Waals surface area contributed by atoms with E-state index in [1.165, 1.54) is 0 Å². The number of nitrogens with zero attached hydrogens (tertiary/aromatic N) is 2. The molecule has 6 nitrogen and oxygen atoms in total. The number of ether oxygens (including phenoxy) is 1. The molecule has 1 unspecified atom stereocenters. The van der Waals surface area contributed by atoms with E-state index in [2.05, 4.69) is 20.8 Å². The maximum absolute atomic E-state index is 5.57. The summed E-state index contributed by atoms with van der Waals surface area (Å²) in [6.07, 6.45) is 2.57. The van der Waals surface area contributed by atoms with Gasteiger partial charge in [-0.3, -0.25) is 4.99 Å². The quantitative estimate of drug-likeness (QED) is 0.463. The van der Waals surface area contributed by atoms with Gasteiger partial charge in [-0.25, -0.2) is 0 Å². The molecule has 1 saturated heterocycles. The highest BCUT2D eigenvalue weighted by Gasteiger charge is 2.15. The van der Waals surface area contributed by atoms with Crippen molar-refractivity contribution in [3.63, 3.8) is 0 Å². The third kappa shape index (κ3) is 4.62. The van der Waals surface area contributed by atoms with Gasteiger partial charge in [-0.05, 0) is 26.7 Å². The zero-order chi connectivity index (χ0) is 13.7. The molecular formula is C13H23IN4O2. The van der Waals surface area contributed by atoms with Crippen LogP contribution in [-0.2, 0) is 11.3 Å². The van der Waals surface area contributed by atoms with Crippen molar-refractivity contribution in [1.82, 2.24) is 15.8 Å². The Kier molecular flexibility index (Phi) is 7.28. The molecule has 1 atom stereocenters. The summed E-state index contributed by atoms with van der Waals surface area (Å²) in [6, 6.07) is 0. The summed E-state index contributed by atoms with van der Waals surface area (Å²) in [5, 5.41) is 10.5. The zero-order valence-electron chi connectivity index (χ0n) is 12.2. The monoisotopic (exact) mass is 394 g/mol. The van der Waals surface area contributed by atoms with E-state index in [-0.39, 0.29) is 24.0 Å². The van der Waals surface area contributed by atoms with Crippen molar-refractivity contribution in [1.29, 1.82) is 0 Å². The molecule has 2 heterocycles. The molecule has 0 radical (unpaired) electrons. The van der Waals surface area contributed by atoms with Gasteiger partial charge in [-0.2, -0.15) is 0 Å². The van der Waals surface area contributed by atoms with Gasteiger partial charge in [0, 0.05) is 32.3 Å². The molecule has 1 aromatic heterocycles. The lowest BCUT2D eigenvalue weighted by atomic mass is 10.2. The summed E-state index contributed by atoms with van der Waals surface area (Å²) >= 11 is 0. The predicted molar refractivity (Wildman–Crippen MR) is 88.6 cm³/mol. The Balaban J connectivity index is 0.00000200. The number of halogens is 1. The predicted octanol–water partition coefficient (Wildman–Crippen LogP) is 1.75. The normalized spacial score (nSPS) is 18.8. The zero-order valence-corrected chi connectivity index (χ0v) is 14.6. The maximum atomic E-state index is 5.57. The van der Waals surface area contributed by atoms with Gasteiger partial charge in [0.05, 0.1) is 11.8 Å². The van der Waals surface area contributed by atoms with E-state index >= 15 is 0 Å². The molecule has 7 heteroatoms. The minimum absolute atomic E-state index is 0. The van der Waals surface area contributed by atoms with Crippen LogP contribution in [0, 0.1) is 13.8 Å². The van der Waals surface area contributed by atoms with Gasteiger partial charge in [-0.1, -0.05) is 5.16 Å². The molecule has 0 bridgehead atoms. The van der Waals surface area contributed by atoms with E-state index in [0.717, 1.165) is 49.0 Å². The first-order valence-corrected chi connectivity index (χ1v) is 6.68. The number of nitrogens with one attached hydrogen (secondary N) is 2. The summed E-state index contributed by atoms with van der Waals surface area (Å²) in [6.45, 7) is 6.18. The lowest BCUT2D eigenvalue weighted by Gasteiger charge is -2.14. The fraction of sp³-hybridized carbons (Fsp3) is 0.692. The average Bonchev–Trinajstić information content (AvgIpc) is 3.02. The molecule has 0 aliphatic carbocycles. The van der Waals surface area contributed by atoms with Crippen LogP contribution in [-0.4, -0.2) is 37.4 Å². The number of hydrogen-bond donors (Lipinski definition) is 2. The fourth-order valence-electron chi connectivity index (χ4n) is 2.16. The second-order valence-electron chi connectivity index (χ2n) is 4.74. The highest BCUT2D eigenvalue weighted by atomic mass is 127. The molecule has 0 amide bonds. The first-order valence-electron chi connectivity index (χ1n) is 6.68. The highest BCUT2D eigenvalue weighted by molar-refractivity contribution is 14.0. The number of aryl methyl sites for hydroxylation is 2. The second-order valence-corrected chi connectivity index (χ2v) is 4.74. The molecule has 1 aliphatic heterocycles. The third-order valence-electron chi connectivity index (χ3n) is 3.36. The van der Waals surface area contributed by atoms with Crippen LogP contribution in [0.1, 0.15) is 29.9 Å². The molecule has 20 heavy (non-hydrogen) atoms. The SMILES string of the molecule is CN=C(NCc1c(C)noc1C)NCC1CCCO1.I. The summed E-state index contributed by atoms with van der Waals surface area (Å²) < 4.78 is 10.7. The van der Waals surface area contributed by atoms with Gasteiger partial charge >= 0.3 is 0 Å². The van der Waals surface area contributed by atoms with Crippen molar-refractivity contribution in [3.05, 3.63) is 17.0 Å². The van der Waals surface area contributed by atoms with Crippen LogP contribution < -0.4 is 10.6 Å². The smallest absolute Gasteiger partial charge is 0.191 e. The highest BCUT2D eigenvalue weighted by Crippen LogP contribution is 2.12. The van der Waals surface area contributed by atoms with Crippen LogP contribution in [0.2, 0.25) is 0 Å². The van der Waals surface area contributed by atoms with Crippen LogP contribution >= 0.6 is 24.0 Å². The first kappa shape index (κ1) is 17.2. The van der Waals surface area contributed by atoms with E-state index in [1.807, 2.05) is 13.8 Å². The molecule has 0 aromatic carbocycles. The molecule has 1 aromatic rings. The minimum Gasteiger partial charge on any atom is -0.376 e. The number of guanidine groups is 1. The van der Waals surface area contributed by atoms with Crippen LogP contribution in [0.4, 0.5) is 0 Å². The Bertz CT molecular complexity index is 422. The third-order valence-corrected chi connectivity index (χ3v) is 3.36. The Morgan fingerprint density at radius 3 is 2.75 bits per heavy atom. The van der Waals surface area contributed by atoms with E-state index in [1.54, 1.807) is 7.05 Å². The van der Waals surface area contributed by atoms with Gasteiger partial charge in [0.1, 0.15) is 5.76 Å². The van der Waals surface area contributed by atoms with Gasteiger partial charge in [0.2, 0.25) is 0 Å². The average molecular weight is 394 g/mol. The molecule has 2 N–H and O–H groups in total. The van der Waals surface area contributed by atoms with Gasteiger partial charge < -0.3 is 19.9 Å². The largest absolute Gasteiger partial charge is 0.376 e. The lowest BCUT2D eigenvalue weighted by Crippen LogP contribution is -2.40. The Hall–Kier alpha value is -0.830. The number of aliphatic imine (C=N–C) groups is 1. The van der Waals surface area contributed by atoms with Crippen molar-refractivity contribution in [2.45, 2.75) is 39.3 Å². The van der Waals surface area contributed by atoms with Crippen LogP contribution in [0.15, 0.2) is 9.52 Å². The Labute approximate surface area is 136 Å². The molecule has 1 fully saturated rings. The van der Waals surface area contributed by atoms with Crippen molar-refractivity contribution < 1.29 is 9.26 Å². The van der Waals surface area contributed by atoms with Crippen molar-refractivity contribution in [2.24, 2.45) is 4.99 Å². The van der Waals surface area contributed by atoms with Crippen molar-refractivity contribution in [2.75, 3.05) is 20.2 Å². The van der Waals surface area contributed by atoms with Crippen molar-refractivity contribution >= 4 is 29.9 Å². The summed E-state index contributed by atoms with van der Waals surface area (Å²) in [4.78, 5) is 4.20. The Morgan fingerprint density at radius 2 is 2.20 bits per heavy atom. The molecule has 1 aliphatic rings. The topological polar surface area (TPSA) is 71.7 Å². The fourth-order valence-corrected chi connectivity index (χ4v) is 2.16. The van der Waals surface area contributed by atoms with Gasteiger partial charge in [0.25, 0.3) is 0 Å². The lowest BCUT2D eigenvalue weighted by molar-refractivity contribution is 0.114.